The van der Waals surface area contributed by atoms with Crippen molar-refractivity contribution in [1.82, 2.24) is 0 Å². The fourth-order valence-electron chi connectivity index (χ4n) is 0.814. The molecule has 12 heavy (non-hydrogen) atoms. The van der Waals surface area contributed by atoms with Crippen molar-refractivity contribution in [3.05, 3.63) is 24.3 Å². The largest absolute Gasteiger partial charge is 0.872 e. The molecule has 1 aromatic carbocycles. The predicted octanol–water partition coefficient (Wildman–Crippen LogP) is 0.554. The molecule has 0 aliphatic carbocycles. The second kappa shape index (κ2) is 3.15. The molecule has 0 spiro atoms. The van der Waals surface area contributed by atoms with Crippen LogP contribution in [0.4, 0.5) is 0 Å². The molecule has 0 heterocycles. The van der Waals surface area contributed by atoms with Gasteiger partial charge in [0, 0.05) is 0 Å². The Balaban J connectivity index is 3.14. The molecule has 0 aromatic heterocycles. The lowest BCUT2D eigenvalue weighted by Crippen LogP contribution is -2.03. The lowest BCUT2D eigenvalue weighted by atomic mass is 10.3. The fraction of sp³-hybridized carbons (Fsp3) is 0.250. The van der Waals surface area contributed by atoms with E-state index in [-0.39, 0.29) is 16.4 Å². The van der Waals surface area contributed by atoms with Crippen LogP contribution in [0.15, 0.2) is 29.2 Å². The summed E-state index contributed by atoms with van der Waals surface area (Å²) >= 11 is 0. The first-order chi connectivity index (χ1) is 5.56. The van der Waals surface area contributed by atoms with E-state index >= 15 is 0 Å². The molecule has 0 aliphatic rings. The second-order valence-corrected chi connectivity index (χ2v) is 4.65. The summed E-state index contributed by atoms with van der Waals surface area (Å²) in [5, 5.41) is 10.6. The minimum absolute atomic E-state index is 0.0607. The van der Waals surface area contributed by atoms with Gasteiger partial charge in [-0.2, -0.15) is 0 Å². The van der Waals surface area contributed by atoms with Gasteiger partial charge in [-0.15, -0.1) is 5.75 Å². The third kappa shape index (κ3) is 1.76. The first kappa shape index (κ1) is 9.06. The highest BCUT2D eigenvalue weighted by Crippen LogP contribution is 2.13. The summed E-state index contributed by atoms with van der Waals surface area (Å²) in [7, 11) is -3.15. The van der Waals surface area contributed by atoms with Crippen LogP contribution >= 0.6 is 0 Å². The van der Waals surface area contributed by atoms with E-state index in [1.54, 1.807) is 6.92 Å². The van der Waals surface area contributed by atoms with Gasteiger partial charge in [0.1, 0.15) is 0 Å². The SMILES string of the molecule is CCS(=O)(=O)c1ccc([O-])cc1. The van der Waals surface area contributed by atoms with Crippen LogP contribution in [-0.4, -0.2) is 14.2 Å². The van der Waals surface area contributed by atoms with Crippen LogP contribution in [0.1, 0.15) is 6.92 Å². The summed E-state index contributed by atoms with van der Waals surface area (Å²) in [5.41, 5.74) is 0. The molecule has 3 nitrogen and oxygen atoms in total. The van der Waals surface area contributed by atoms with Crippen molar-refractivity contribution < 1.29 is 13.5 Å². The van der Waals surface area contributed by atoms with Crippen LogP contribution < -0.4 is 5.11 Å². The molecule has 0 N–H and O–H groups in total. The maximum atomic E-state index is 11.2. The topological polar surface area (TPSA) is 57.2 Å². The molecular weight excluding hydrogens is 176 g/mol. The molecule has 0 aliphatic heterocycles. The molecular formula is C8H9O3S-. The van der Waals surface area contributed by atoms with Crippen molar-refractivity contribution in [3.8, 4) is 5.75 Å². The monoisotopic (exact) mass is 185 g/mol. The lowest BCUT2D eigenvalue weighted by Gasteiger charge is -2.05. The van der Waals surface area contributed by atoms with Gasteiger partial charge in [-0.05, 0) is 12.1 Å². The Kier molecular flexibility index (Phi) is 2.38. The van der Waals surface area contributed by atoms with E-state index in [2.05, 4.69) is 0 Å². The van der Waals surface area contributed by atoms with Crippen LogP contribution in [0.25, 0.3) is 0 Å². The molecule has 0 saturated carbocycles. The maximum absolute atomic E-state index is 11.2. The summed E-state index contributed by atoms with van der Waals surface area (Å²) in [6.07, 6.45) is 0. The van der Waals surface area contributed by atoms with Crippen molar-refractivity contribution in [2.45, 2.75) is 11.8 Å². The molecule has 0 amide bonds. The first-order valence-corrected chi connectivity index (χ1v) is 5.21. The highest BCUT2D eigenvalue weighted by atomic mass is 32.2. The van der Waals surface area contributed by atoms with Gasteiger partial charge < -0.3 is 5.11 Å². The van der Waals surface area contributed by atoms with Crippen molar-refractivity contribution in [2.75, 3.05) is 5.75 Å². The number of sulfone groups is 1. The summed E-state index contributed by atoms with van der Waals surface area (Å²) < 4.78 is 22.4. The molecule has 0 fully saturated rings. The van der Waals surface area contributed by atoms with E-state index < -0.39 is 9.84 Å². The van der Waals surface area contributed by atoms with E-state index in [1.807, 2.05) is 0 Å². The summed E-state index contributed by atoms with van der Waals surface area (Å²) in [5.74, 6) is -0.115. The zero-order chi connectivity index (χ0) is 9.19. The summed E-state index contributed by atoms with van der Waals surface area (Å²) in [6, 6.07) is 5.17. The Labute approximate surface area is 71.6 Å². The molecule has 0 atom stereocenters. The number of hydrogen-bond donors (Lipinski definition) is 0. The van der Waals surface area contributed by atoms with Gasteiger partial charge in [-0.1, -0.05) is 19.1 Å². The van der Waals surface area contributed by atoms with Gasteiger partial charge >= 0.3 is 0 Å². The number of hydrogen-bond acceptors (Lipinski definition) is 3. The molecule has 0 bridgehead atoms. The van der Waals surface area contributed by atoms with Gasteiger partial charge in [0.2, 0.25) is 0 Å². The van der Waals surface area contributed by atoms with Crippen molar-refractivity contribution in [2.24, 2.45) is 0 Å². The standard InChI is InChI=1S/C8H10O3S/c1-2-12(10,11)8-5-3-7(9)4-6-8/h3-6,9H,2H2,1H3/p-1. The van der Waals surface area contributed by atoms with Crippen LogP contribution in [0.3, 0.4) is 0 Å². The van der Waals surface area contributed by atoms with E-state index in [1.165, 1.54) is 24.3 Å². The average molecular weight is 185 g/mol. The van der Waals surface area contributed by atoms with Crippen molar-refractivity contribution in [1.29, 1.82) is 0 Å². The van der Waals surface area contributed by atoms with Gasteiger partial charge in [-0.25, -0.2) is 8.42 Å². The van der Waals surface area contributed by atoms with Gasteiger partial charge in [0.05, 0.1) is 10.6 Å². The third-order valence-electron chi connectivity index (χ3n) is 1.56. The summed E-state index contributed by atoms with van der Waals surface area (Å²) in [4.78, 5) is 0.213. The minimum atomic E-state index is -3.15. The molecule has 66 valence electrons. The Morgan fingerprint density at radius 3 is 2.17 bits per heavy atom. The van der Waals surface area contributed by atoms with Crippen LogP contribution in [0, 0.1) is 0 Å². The fourth-order valence-corrected chi connectivity index (χ4v) is 1.70. The quantitative estimate of drug-likeness (QED) is 0.676. The van der Waals surface area contributed by atoms with E-state index in [4.69, 9.17) is 0 Å². The van der Waals surface area contributed by atoms with E-state index in [9.17, 15) is 13.5 Å². The van der Waals surface area contributed by atoms with Gasteiger partial charge in [-0.3, -0.25) is 0 Å². The van der Waals surface area contributed by atoms with Crippen LogP contribution in [0.5, 0.6) is 5.75 Å². The zero-order valence-electron chi connectivity index (χ0n) is 6.65. The lowest BCUT2D eigenvalue weighted by molar-refractivity contribution is -0.268. The first-order valence-electron chi connectivity index (χ1n) is 3.56. The number of benzene rings is 1. The molecule has 0 radical (unpaired) electrons. The molecule has 4 heteroatoms. The van der Waals surface area contributed by atoms with Crippen LogP contribution in [-0.2, 0) is 9.84 Å². The Hall–Kier alpha value is -1.03. The van der Waals surface area contributed by atoms with E-state index in [0.717, 1.165) is 0 Å². The van der Waals surface area contributed by atoms with Crippen molar-refractivity contribution in [3.63, 3.8) is 0 Å². The predicted molar refractivity (Wildman–Crippen MR) is 43.6 cm³/mol. The van der Waals surface area contributed by atoms with Crippen LogP contribution in [0.2, 0.25) is 0 Å². The average Bonchev–Trinajstić information content (AvgIpc) is 2.05. The smallest absolute Gasteiger partial charge is 0.178 e. The van der Waals surface area contributed by atoms with Gasteiger partial charge in [0.25, 0.3) is 0 Å². The minimum Gasteiger partial charge on any atom is -0.872 e. The molecule has 1 rings (SSSR count). The Morgan fingerprint density at radius 1 is 1.25 bits per heavy atom. The number of rotatable bonds is 2. The van der Waals surface area contributed by atoms with Gasteiger partial charge in [0.15, 0.2) is 9.84 Å². The highest BCUT2D eigenvalue weighted by Gasteiger charge is 2.09. The normalized spacial score (nSPS) is 11.4. The zero-order valence-corrected chi connectivity index (χ0v) is 7.47. The Bertz CT molecular complexity index is 350. The van der Waals surface area contributed by atoms with E-state index in [0.29, 0.717) is 0 Å². The Morgan fingerprint density at radius 2 is 1.75 bits per heavy atom. The third-order valence-corrected chi connectivity index (χ3v) is 3.31. The molecule has 0 saturated heterocycles. The second-order valence-electron chi connectivity index (χ2n) is 2.37. The molecule has 1 aromatic rings. The summed E-state index contributed by atoms with van der Waals surface area (Å²) in [6.45, 7) is 1.57. The maximum Gasteiger partial charge on any atom is 0.178 e. The van der Waals surface area contributed by atoms with Crippen molar-refractivity contribution >= 4 is 9.84 Å². The highest BCUT2D eigenvalue weighted by molar-refractivity contribution is 7.91. The molecule has 0 unspecified atom stereocenters.